The summed E-state index contributed by atoms with van der Waals surface area (Å²) < 4.78 is 13.5. The molecule has 1 aromatic heterocycles. The van der Waals surface area contributed by atoms with Crippen molar-refractivity contribution in [2.24, 2.45) is 17.8 Å². The van der Waals surface area contributed by atoms with Gasteiger partial charge in [-0.15, -0.1) is 10.2 Å². The summed E-state index contributed by atoms with van der Waals surface area (Å²) in [5, 5.41) is 12.6. The average molecular weight is 387 g/mol. The van der Waals surface area contributed by atoms with Crippen molar-refractivity contribution in [2.75, 3.05) is 25.0 Å². The third-order valence-corrected chi connectivity index (χ3v) is 6.59. The van der Waals surface area contributed by atoms with Crippen LogP contribution in [0.15, 0.2) is 30.3 Å². The lowest BCUT2D eigenvalue weighted by Gasteiger charge is -2.19. The molecule has 2 saturated carbocycles. The maximum Gasteiger partial charge on any atom is 0.148 e. The van der Waals surface area contributed by atoms with Gasteiger partial charge in [-0.1, -0.05) is 11.6 Å². The molecule has 6 heteroatoms. The van der Waals surface area contributed by atoms with E-state index in [0.717, 1.165) is 23.6 Å². The monoisotopic (exact) mass is 386 g/mol. The summed E-state index contributed by atoms with van der Waals surface area (Å²) in [7, 11) is 0. The van der Waals surface area contributed by atoms with Crippen LogP contribution in [0.1, 0.15) is 25.7 Å². The van der Waals surface area contributed by atoms with Crippen molar-refractivity contribution < 1.29 is 4.39 Å². The molecule has 5 rings (SSSR count). The quantitative estimate of drug-likeness (QED) is 0.823. The highest BCUT2D eigenvalue weighted by Gasteiger charge is 2.42. The van der Waals surface area contributed by atoms with E-state index in [4.69, 9.17) is 11.6 Å². The Labute approximate surface area is 164 Å². The molecule has 0 bridgehead atoms. The first-order chi connectivity index (χ1) is 13.1. The topological polar surface area (TPSA) is 41.0 Å². The Morgan fingerprint density at radius 1 is 1.07 bits per heavy atom. The highest BCUT2D eigenvalue weighted by Crippen LogP contribution is 2.41. The molecule has 2 aromatic rings. The zero-order valence-electron chi connectivity index (χ0n) is 15.2. The average Bonchev–Trinajstić information content (AvgIpc) is 3.28. The summed E-state index contributed by atoms with van der Waals surface area (Å²) in [6, 6.07) is 8.52. The number of aromatic nitrogens is 2. The lowest BCUT2D eigenvalue weighted by atomic mass is 10.0. The summed E-state index contributed by atoms with van der Waals surface area (Å²) in [5.41, 5.74) is 1.16. The van der Waals surface area contributed by atoms with Crippen LogP contribution in [0.5, 0.6) is 0 Å². The molecule has 0 radical (unpaired) electrons. The van der Waals surface area contributed by atoms with Gasteiger partial charge in [-0.3, -0.25) is 0 Å². The Morgan fingerprint density at radius 3 is 2.52 bits per heavy atom. The number of fused-ring (bicyclic) bond motifs is 1. The molecule has 3 fully saturated rings. The molecule has 0 amide bonds. The van der Waals surface area contributed by atoms with Crippen LogP contribution < -0.4 is 5.32 Å². The maximum absolute atomic E-state index is 13.5. The van der Waals surface area contributed by atoms with Crippen LogP contribution >= 0.6 is 11.6 Å². The molecule has 2 aliphatic carbocycles. The third-order valence-electron chi connectivity index (χ3n) is 6.26. The summed E-state index contributed by atoms with van der Waals surface area (Å²) in [4.78, 5) is 2.68. The number of benzene rings is 1. The van der Waals surface area contributed by atoms with Crippen molar-refractivity contribution in [3.63, 3.8) is 0 Å². The minimum absolute atomic E-state index is 0.327. The first-order valence-electron chi connectivity index (χ1n) is 9.92. The zero-order chi connectivity index (χ0) is 18.4. The number of likely N-dealkylation sites (tertiary alicyclic amines) is 1. The number of nitrogens with zero attached hydrogens (tertiary/aromatic N) is 3. The van der Waals surface area contributed by atoms with Crippen LogP contribution in [0.4, 0.5) is 10.2 Å². The normalized spacial score (nSPS) is 27.7. The van der Waals surface area contributed by atoms with E-state index < -0.39 is 0 Å². The van der Waals surface area contributed by atoms with Crippen molar-refractivity contribution in [1.29, 1.82) is 0 Å². The fourth-order valence-corrected chi connectivity index (χ4v) is 5.00. The minimum Gasteiger partial charge on any atom is -0.366 e. The Kier molecular flexibility index (Phi) is 4.52. The summed E-state index contributed by atoms with van der Waals surface area (Å²) in [5.74, 6) is 3.08. The minimum atomic E-state index is -0.327. The predicted molar refractivity (Wildman–Crippen MR) is 105 cm³/mol. The first-order valence-corrected chi connectivity index (χ1v) is 10.3. The molecule has 142 valence electrons. The van der Waals surface area contributed by atoms with Gasteiger partial charge in [0.1, 0.15) is 11.6 Å². The maximum atomic E-state index is 13.5. The molecule has 0 spiro atoms. The number of hydrogen-bond donors (Lipinski definition) is 1. The van der Waals surface area contributed by atoms with Crippen LogP contribution in [0.25, 0.3) is 11.3 Å². The number of hydrogen-bond acceptors (Lipinski definition) is 4. The van der Waals surface area contributed by atoms with Gasteiger partial charge >= 0.3 is 0 Å². The molecule has 1 N–H and O–H groups in total. The van der Waals surface area contributed by atoms with E-state index in [2.05, 4.69) is 20.4 Å². The molecule has 4 nitrogen and oxygen atoms in total. The van der Waals surface area contributed by atoms with Crippen molar-refractivity contribution in [3.8, 4) is 11.3 Å². The molecule has 3 aliphatic rings. The summed E-state index contributed by atoms with van der Waals surface area (Å²) >= 11 is 6.16. The standard InChI is InChI=1S/C21H24ClFN4/c22-19-4-3-16(23)9-18(19)20-5-6-21(26-25-20)24-17-7-14-11-27(10-13-1-2-13)12-15(14)8-17/h3-6,9,13-15,17H,1-2,7-8,10-12H2,(H,24,26)/t14-,15+,17-. The van der Waals surface area contributed by atoms with Crippen molar-refractivity contribution in [2.45, 2.75) is 31.7 Å². The van der Waals surface area contributed by atoms with Crippen LogP contribution in [-0.4, -0.2) is 40.8 Å². The van der Waals surface area contributed by atoms with Crippen molar-refractivity contribution in [1.82, 2.24) is 15.1 Å². The molecule has 1 saturated heterocycles. The van der Waals surface area contributed by atoms with E-state index in [9.17, 15) is 4.39 Å². The second-order valence-corrected chi connectivity index (χ2v) is 8.83. The summed E-state index contributed by atoms with van der Waals surface area (Å²) in [6.07, 6.45) is 5.30. The Bertz CT molecular complexity index is 809. The molecular weight excluding hydrogens is 363 g/mol. The number of anilines is 1. The third kappa shape index (κ3) is 3.81. The molecular formula is C21H24ClFN4. The predicted octanol–water partition coefficient (Wildman–Crippen LogP) is 4.47. The van der Waals surface area contributed by atoms with Gasteiger partial charge in [0.05, 0.1) is 10.7 Å². The van der Waals surface area contributed by atoms with Gasteiger partial charge in [-0.25, -0.2) is 4.39 Å². The van der Waals surface area contributed by atoms with Crippen molar-refractivity contribution in [3.05, 3.63) is 41.2 Å². The van der Waals surface area contributed by atoms with E-state index in [1.165, 1.54) is 57.5 Å². The molecule has 0 unspecified atom stereocenters. The Hall–Kier alpha value is -1.72. The van der Waals surface area contributed by atoms with Crippen LogP contribution in [0.3, 0.4) is 0 Å². The molecule has 2 heterocycles. The first kappa shape index (κ1) is 17.4. The second-order valence-electron chi connectivity index (χ2n) is 8.42. The van der Waals surface area contributed by atoms with E-state index in [1.807, 2.05) is 12.1 Å². The Balaban J connectivity index is 1.19. The molecule has 1 aromatic carbocycles. The lowest BCUT2D eigenvalue weighted by molar-refractivity contribution is 0.296. The number of rotatable bonds is 5. The molecule has 3 atom stereocenters. The largest absolute Gasteiger partial charge is 0.366 e. The van der Waals surface area contributed by atoms with Gasteiger partial charge in [-0.05, 0) is 73.8 Å². The van der Waals surface area contributed by atoms with E-state index in [0.29, 0.717) is 22.3 Å². The highest BCUT2D eigenvalue weighted by atomic mass is 35.5. The molecule has 1 aliphatic heterocycles. The molecule has 27 heavy (non-hydrogen) atoms. The fourth-order valence-electron chi connectivity index (χ4n) is 4.79. The van der Waals surface area contributed by atoms with E-state index in [-0.39, 0.29) is 5.82 Å². The lowest BCUT2D eigenvalue weighted by Crippen LogP contribution is -2.27. The smallest absolute Gasteiger partial charge is 0.148 e. The van der Waals surface area contributed by atoms with Gasteiger partial charge in [-0.2, -0.15) is 0 Å². The van der Waals surface area contributed by atoms with E-state index in [1.54, 1.807) is 6.07 Å². The van der Waals surface area contributed by atoms with Crippen LogP contribution in [-0.2, 0) is 0 Å². The van der Waals surface area contributed by atoms with Crippen LogP contribution in [0, 0.1) is 23.6 Å². The number of halogens is 2. The van der Waals surface area contributed by atoms with Gasteiger partial charge in [0, 0.05) is 31.2 Å². The van der Waals surface area contributed by atoms with Crippen LogP contribution in [0.2, 0.25) is 5.02 Å². The van der Waals surface area contributed by atoms with Crippen molar-refractivity contribution >= 4 is 17.4 Å². The highest BCUT2D eigenvalue weighted by molar-refractivity contribution is 6.33. The van der Waals surface area contributed by atoms with Gasteiger partial charge in [0.2, 0.25) is 0 Å². The van der Waals surface area contributed by atoms with Gasteiger partial charge in [0.25, 0.3) is 0 Å². The fraction of sp³-hybridized carbons (Fsp3) is 0.524. The Morgan fingerprint density at radius 2 is 1.85 bits per heavy atom. The zero-order valence-corrected chi connectivity index (χ0v) is 16.0. The SMILES string of the molecule is Fc1ccc(Cl)c(-c2ccc(N[C@@H]3C[C@@H]4CN(CC5CC5)C[C@@H]4C3)nn2)c1. The van der Waals surface area contributed by atoms with Gasteiger partial charge in [0.15, 0.2) is 0 Å². The second kappa shape index (κ2) is 7.02. The van der Waals surface area contributed by atoms with E-state index >= 15 is 0 Å². The van der Waals surface area contributed by atoms with Gasteiger partial charge < -0.3 is 10.2 Å². The number of nitrogens with one attached hydrogen (secondary N) is 1. The summed E-state index contributed by atoms with van der Waals surface area (Å²) in [6.45, 7) is 3.85.